The van der Waals surface area contributed by atoms with E-state index in [2.05, 4.69) is 5.10 Å². The van der Waals surface area contributed by atoms with Crippen LogP contribution >= 0.6 is 0 Å². The summed E-state index contributed by atoms with van der Waals surface area (Å²) < 4.78 is 17.4. The Bertz CT molecular complexity index is 1140. The molecule has 0 unspecified atom stereocenters. The molecular formula is C19H19N3O6. The van der Waals surface area contributed by atoms with Crippen LogP contribution in [0.25, 0.3) is 22.6 Å². The van der Waals surface area contributed by atoms with Crippen molar-refractivity contribution in [2.45, 2.75) is 13.8 Å². The Balaban J connectivity index is 2.29. The molecular weight excluding hydrogens is 366 g/mol. The highest BCUT2D eigenvalue weighted by Gasteiger charge is 2.18. The number of nitrogens with zero attached hydrogens (tertiary/aromatic N) is 3. The van der Waals surface area contributed by atoms with E-state index in [0.717, 1.165) is 10.6 Å². The predicted octanol–water partition coefficient (Wildman–Crippen LogP) is 1.87. The Hall–Kier alpha value is -3.62. The van der Waals surface area contributed by atoms with Crippen LogP contribution in [-0.4, -0.2) is 46.4 Å². The lowest BCUT2D eigenvalue weighted by atomic mass is 10.2. The molecule has 0 atom stereocenters. The molecule has 0 aliphatic carbocycles. The highest BCUT2D eigenvalue weighted by Crippen LogP contribution is 2.24. The van der Waals surface area contributed by atoms with E-state index in [1.165, 1.54) is 23.9 Å². The number of esters is 2. The van der Waals surface area contributed by atoms with Crippen LogP contribution in [0.1, 0.15) is 24.3 Å². The van der Waals surface area contributed by atoms with Crippen LogP contribution in [0, 0.1) is 0 Å². The molecule has 0 amide bonds. The van der Waals surface area contributed by atoms with Crippen molar-refractivity contribution in [2.75, 3.05) is 20.3 Å². The number of carbonyl (C=O) groups is 2. The van der Waals surface area contributed by atoms with E-state index in [0.29, 0.717) is 22.2 Å². The number of aromatic nitrogens is 3. The molecule has 0 saturated heterocycles. The van der Waals surface area contributed by atoms with Crippen LogP contribution in [0.5, 0.6) is 5.75 Å². The molecule has 9 nitrogen and oxygen atoms in total. The first kappa shape index (κ1) is 19.2. The zero-order valence-corrected chi connectivity index (χ0v) is 15.7. The number of rotatable bonds is 6. The maximum Gasteiger partial charge on any atom is 0.358 e. The second kappa shape index (κ2) is 7.95. The lowest BCUT2D eigenvalue weighted by Crippen LogP contribution is -2.25. The molecule has 28 heavy (non-hydrogen) atoms. The maximum atomic E-state index is 12.9. The fraction of sp³-hybridized carbons (Fsp3) is 0.263. The minimum absolute atomic E-state index is 0.00944. The minimum Gasteiger partial charge on any atom is -0.497 e. The van der Waals surface area contributed by atoms with Crippen molar-refractivity contribution in [3.63, 3.8) is 0 Å². The van der Waals surface area contributed by atoms with Gasteiger partial charge in [0.15, 0.2) is 5.69 Å². The van der Waals surface area contributed by atoms with Gasteiger partial charge in [-0.3, -0.25) is 4.57 Å². The molecule has 146 valence electrons. The van der Waals surface area contributed by atoms with Crippen LogP contribution in [0.3, 0.4) is 0 Å². The molecule has 9 heteroatoms. The Kier molecular flexibility index (Phi) is 5.44. The SMILES string of the molecule is CCOC(=O)C=Cn1c(=O)n2nc(C(=O)OCC)cc2c2cc(OC)ccc21. The van der Waals surface area contributed by atoms with Gasteiger partial charge in [0.25, 0.3) is 0 Å². The normalized spacial score (nSPS) is 11.2. The van der Waals surface area contributed by atoms with Crippen molar-refractivity contribution in [1.82, 2.24) is 14.2 Å². The molecule has 0 bridgehead atoms. The van der Waals surface area contributed by atoms with Crippen molar-refractivity contribution in [3.8, 4) is 5.75 Å². The number of carbonyl (C=O) groups excluding carboxylic acids is 2. The Labute approximate surface area is 159 Å². The first-order valence-electron chi connectivity index (χ1n) is 8.64. The van der Waals surface area contributed by atoms with Crippen molar-refractivity contribution >= 4 is 34.6 Å². The molecule has 3 rings (SSSR count). The molecule has 0 fully saturated rings. The Morgan fingerprint density at radius 1 is 1.11 bits per heavy atom. The van der Waals surface area contributed by atoms with Crippen LogP contribution in [-0.2, 0) is 14.3 Å². The fourth-order valence-corrected chi connectivity index (χ4v) is 2.76. The molecule has 0 spiro atoms. The van der Waals surface area contributed by atoms with Gasteiger partial charge in [-0.15, -0.1) is 0 Å². The van der Waals surface area contributed by atoms with Crippen molar-refractivity contribution in [2.24, 2.45) is 0 Å². The first-order chi connectivity index (χ1) is 13.5. The lowest BCUT2D eigenvalue weighted by Gasteiger charge is -2.09. The maximum absolute atomic E-state index is 12.9. The summed E-state index contributed by atoms with van der Waals surface area (Å²) in [5.74, 6) is -0.646. The zero-order chi connectivity index (χ0) is 20.3. The van der Waals surface area contributed by atoms with Crippen molar-refractivity contribution < 1.29 is 23.8 Å². The molecule has 0 radical (unpaired) electrons. The second-order valence-electron chi connectivity index (χ2n) is 5.65. The van der Waals surface area contributed by atoms with Gasteiger partial charge in [-0.05, 0) is 38.1 Å². The highest BCUT2D eigenvalue weighted by atomic mass is 16.5. The molecule has 2 aromatic heterocycles. The molecule has 0 N–H and O–H groups in total. The van der Waals surface area contributed by atoms with Crippen LogP contribution in [0.4, 0.5) is 0 Å². The number of fused-ring (bicyclic) bond motifs is 3. The third-order valence-electron chi connectivity index (χ3n) is 3.97. The summed E-state index contributed by atoms with van der Waals surface area (Å²) in [6.07, 6.45) is 2.45. The molecule has 0 aliphatic heterocycles. The van der Waals surface area contributed by atoms with Crippen LogP contribution < -0.4 is 10.4 Å². The average molecular weight is 385 g/mol. The largest absolute Gasteiger partial charge is 0.497 e. The van der Waals surface area contributed by atoms with Gasteiger partial charge in [0.1, 0.15) is 5.75 Å². The zero-order valence-electron chi connectivity index (χ0n) is 15.7. The van der Waals surface area contributed by atoms with E-state index < -0.39 is 17.6 Å². The van der Waals surface area contributed by atoms with Gasteiger partial charge in [0.05, 0.1) is 31.4 Å². The summed E-state index contributed by atoms with van der Waals surface area (Å²) >= 11 is 0. The summed E-state index contributed by atoms with van der Waals surface area (Å²) in [5, 5.41) is 4.69. The third kappa shape index (κ3) is 3.46. The molecule has 0 saturated carbocycles. The molecule has 3 aromatic rings. The van der Waals surface area contributed by atoms with E-state index in [-0.39, 0.29) is 18.9 Å². The quantitative estimate of drug-likeness (QED) is 0.471. The van der Waals surface area contributed by atoms with E-state index >= 15 is 0 Å². The van der Waals surface area contributed by atoms with Gasteiger partial charge in [-0.25, -0.2) is 14.4 Å². The van der Waals surface area contributed by atoms with Gasteiger partial charge in [-0.1, -0.05) is 0 Å². The van der Waals surface area contributed by atoms with Gasteiger partial charge in [0, 0.05) is 17.7 Å². The summed E-state index contributed by atoms with van der Waals surface area (Å²) in [7, 11) is 1.52. The van der Waals surface area contributed by atoms with E-state index in [1.807, 2.05) is 0 Å². The third-order valence-corrected chi connectivity index (χ3v) is 3.97. The molecule has 2 heterocycles. The minimum atomic E-state index is -0.629. The van der Waals surface area contributed by atoms with Gasteiger partial charge >= 0.3 is 17.6 Å². The Morgan fingerprint density at radius 3 is 2.54 bits per heavy atom. The van der Waals surface area contributed by atoms with Crippen molar-refractivity contribution in [3.05, 3.63) is 46.5 Å². The van der Waals surface area contributed by atoms with Gasteiger partial charge in [-0.2, -0.15) is 9.61 Å². The number of methoxy groups -OCH3 is 1. The monoisotopic (exact) mass is 385 g/mol. The number of hydrogen-bond acceptors (Lipinski definition) is 7. The number of benzene rings is 1. The van der Waals surface area contributed by atoms with Crippen LogP contribution in [0.15, 0.2) is 35.1 Å². The van der Waals surface area contributed by atoms with Gasteiger partial charge in [0.2, 0.25) is 0 Å². The first-order valence-corrected chi connectivity index (χ1v) is 8.64. The summed E-state index contributed by atoms with van der Waals surface area (Å²) in [4.78, 5) is 36.7. The smallest absolute Gasteiger partial charge is 0.358 e. The lowest BCUT2D eigenvalue weighted by molar-refractivity contribution is -0.137. The summed E-state index contributed by atoms with van der Waals surface area (Å²) in [6, 6.07) is 6.58. The molecule has 1 aromatic carbocycles. The van der Waals surface area contributed by atoms with Crippen molar-refractivity contribution in [1.29, 1.82) is 0 Å². The van der Waals surface area contributed by atoms with E-state index in [1.54, 1.807) is 32.0 Å². The summed E-state index contributed by atoms with van der Waals surface area (Å²) in [5.41, 5.74) is 0.385. The highest BCUT2D eigenvalue weighted by molar-refractivity contribution is 5.99. The average Bonchev–Trinajstić information content (AvgIpc) is 3.14. The number of hydrogen-bond donors (Lipinski definition) is 0. The van der Waals surface area contributed by atoms with Crippen LogP contribution in [0.2, 0.25) is 0 Å². The summed E-state index contributed by atoms with van der Waals surface area (Å²) in [6.45, 7) is 3.78. The van der Waals surface area contributed by atoms with E-state index in [9.17, 15) is 14.4 Å². The topological polar surface area (TPSA) is 101 Å². The number of ether oxygens (including phenoxy) is 3. The second-order valence-corrected chi connectivity index (χ2v) is 5.65. The fourth-order valence-electron chi connectivity index (χ4n) is 2.76. The predicted molar refractivity (Wildman–Crippen MR) is 101 cm³/mol. The van der Waals surface area contributed by atoms with E-state index in [4.69, 9.17) is 14.2 Å². The van der Waals surface area contributed by atoms with Gasteiger partial charge < -0.3 is 14.2 Å². The Morgan fingerprint density at radius 2 is 1.86 bits per heavy atom. The standard InChI is InChI=1S/C19H19N3O6/c1-4-27-17(23)8-9-21-15-7-6-12(26-3)10-13(15)16-11-14(18(24)28-5-2)20-22(16)19(21)25/h6-11H,4-5H2,1-3H3. The molecule has 0 aliphatic rings.